The maximum absolute atomic E-state index is 10.9. The number of rotatable bonds is 7. The van der Waals surface area contributed by atoms with Crippen molar-refractivity contribution >= 4 is 6.09 Å². The second kappa shape index (κ2) is 7.00. The Morgan fingerprint density at radius 3 is 3.00 bits per heavy atom. The number of alkyl carbamates (subject to hydrolysis) is 1. The average Bonchev–Trinajstić information content (AvgIpc) is 2.89. The molecule has 0 saturated carbocycles. The molecule has 20 heavy (non-hydrogen) atoms. The van der Waals surface area contributed by atoms with Gasteiger partial charge in [0.15, 0.2) is 6.10 Å². The molecule has 0 bridgehead atoms. The van der Waals surface area contributed by atoms with Crippen molar-refractivity contribution in [3.8, 4) is 11.5 Å². The van der Waals surface area contributed by atoms with E-state index >= 15 is 0 Å². The van der Waals surface area contributed by atoms with Gasteiger partial charge in [-0.15, -0.1) is 0 Å². The predicted molar refractivity (Wildman–Crippen MR) is 74.1 cm³/mol. The number of carbonyl (C=O) groups excluding carboxylic acids is 1. The summed E-state index contributed by atoms with van der Waals surface area (Å²) in [7, 11) is 1.64. The molecule has 0 aromatic heterocycles. The van der Waals surface area contributed by atoms with Crippen LogP contribution in [-0.4, -0.2) is 39.0 Å². The van der Waals surface area contributed by atoms with Crippen LogP contribution in [0.3, 0.4) is 0 Å². The first-order valence-corrected chi connectivity index (χ1v) is 6.67. The molecule has 1 aliphatic heterocycles. The molecule has 1 heterocycles. The Morgan fingerprint density at radius 2 is 2.35 bits per heavy atom. The SMILES string of the molecule is CCNCc1cc(OC)ccc1OCC1CNC(=O)O1. The molecule has 0 aliphatic carbocycles. The third-order valence-electron chi connectivity index (χ3n) is 3.01. The molecular weight excluding hydrogens is 260 g/mol. The maximum atomic E-state index is 10.9. The highest BCUT2D eigenvalue weighted by atomic mass is 16.6. The number of hydrogen-bond donors (Lipinski definition) is 2. The van der Waals surface area contributed by atoms with Crippen LogP contribution in [0.4, 0.5) is 4.79 Å². The number of ether oxygens (including phenoxy) is 3. The Bertz CT molecular complexity index is 464. The van der Waals surface area contributed by atoms with Gasteiger partial charge in [-0.3, -0.25) is 0 Å². The van der Waals surface area contributed by atoms with Crippen molar-refractivity contribution < 1.29 is 19.0 Å². The van der Waals surface area contributed by atoms with Crippen LogP contribution in [0.15, 0.2) is 18.2 Å². The van der Waals surface area contributed by atoms with Gasteiger partial charge >= 0.3 is 6.09 Å². The number of hydrogen-bond acceptors (Lipinski definition) is 5. The molecule has 1 fully saturated rings. The maximum Gasteiger partial charge on any atom is 0.407 e. The summed E-state index contributed by atoms with van der Waals surface area (Å²) in [5.41, 5.74) is 1.02. The summed E-state index contributed by atoms with van der Waals surface area (Å²) >= 11 is 0. The summed E-state index contributed by atoms with van der Waals surface area (Å²) in [6.07, 6.45) is -0.627. The van der Waals surface area contributed by atoms with Crippen molar-refractivity contribution in [2.45, 2.75) is 19.6 Å². The normalized spacial score (nSPS) is 17.5. The van der Waals surface area contributed by atoms with Crippen molar-refractivity contribution in [3.63, 3.8) is 0 Å². The molecule has 2 rings (SSSR count). The minimum atomic E-state index is -0.388. The molecule has 1 unspecified atom stereocenters. The van der Waals surface area contributed by atoms with E-state index in [0.29, 0.717) is 19.7 Å². The van der Waals surface area contributed by atoms with E-state index in [1.165, 1.54) is 0 Å². The van der Waals surface area contributed by atoms with Crippen LogP contribution in [0.25, 0.3) is 0 Å². The van der Waals surface area contributed by atoms with Crippen molar-refractivity contribution in [1.29, 1.82) is 0 Å². The zero-order valence-corrected chi connectivity index (χ0v) is 11.8. The van der Waals surface area contributed by atoms with Crippen LogP contribution < -0.4 is 20.1 Å². The van der Waals surface area contributed by atoms with Crippen LogP contribution in [-0.2, 0) is 11.3 Å². The highest BCUT2D eigenvalue weighted by Gasteiger charge is 2.23. The van der Waals surface area contributed by atoms with Crippen molar-refractivity contribution in [3.05, 3.63) is 23.8 Å². The van der Waals surface area contributed by atoms with E-state index in [1.807, 2.05) is 25.1 Å². The van der Waals surface area contributed by atoms with Crippen molar-refractivity contribution in [2.24, 2.45) is 0 Å². The van der Waals surface area contributed by atoms with Gasteiger partial charge in [-0.1, -0.05) is 6.92 Å². The molecule has 1 aromatic carbocycles. The van der Waals surface area contributed by atoms with Gasteiger partial charge in [0.2, 0.25) is 0 Å². The Hall–Kier alpha value is -1.95. The van der Waals surface area contributed by atoms with Crippen LogP contribution in [0.1, 0.15) is 12.5 Å². The topological polar surface area (TPSA) is 68.8 Å². The van der Waals surface area contributed by atoms with Crippen LogP contribution in [0.2, 0.25) is 0 Å². The third-order valence-corrected chi connectivity index (χ3v) is 3.01. The van der Waals surface area contributed by atoms with Gasteiger partial charge in [-0.25, -0.2) is 4.79 Å². The number of methoxy groups -OCH3 is 1. The van der Waals surface area contributed by atoms with E-state index in [1.54, 1.807) is 7.11 Å². The lowest BCUT2D eigenvalue weighted by Crippen LogP contribution is -2.22. The molecule has 1 atom stereocenters. The zero-order valence-electron chi connectivity index (χ0n) is 11.8. The highest BCUT2D eigenvalue weighted by Crippen LogP contribution is 2.24. The Morgan fingerprint density at radius 1 is 1.50 bits per heavy atom. The number of cyclic esters (lactones) is 1. The predicted octanol–water partition coefficient (Wildman–Crippen LogP) is 1.29. The van der Waals surface area contributed by atoms with Gasteiger partial charge in [-0.2, -0.15) is 0 Å². The molecule has 1 amide bonds. The summed E-state index contributed by atoms with van der Waals surface area (Å²) in [5.74, 6) is 1.56. The second-order valence-corrected chi connectivity index (χ2v) is 4.47. The molecule has 6 nitrogen and oxygen atoms in total. The lowest BCUT2D eigenvalue weighted by atomic mass is 10.2. The van der Waals surface area contributed by atoms with E-state index in [9.17, 15) is 4.79 Å². The fourth-order valence-corrected chi connectivity index (χ4v) is 1.93. The smallest absolute Gasteiger partial charge is 0.407 e. The Labute approximate surface area is 118 Å². The van der Waals surface area contributed by atoms with E-state index < -0.39 is 0 Å². The number of carbonyl (C=O) groups is 1. The first-order chi connectivity index (χ1) is 9.72. The summed E-state index contributed by atoms with van der Waals surface area (Å²) in [5, 5.41) is 5.86. The molecule has 0 spiro atoms. The molecule has 2 N–H and O–H groups in total. The standard InChI is InChI=1S/C14H20N2O4/c1-3-15-7-10-6-11(18-2)4-5-13(10)19-9-12-8-16-14(17)20-12/h4-6,12,15H,3,7-9H2,1-2H3,(H,16,17). The fraction of sp³-hybridized carbons (Fsp3) is 0.500. The summed E-state index contributed by atoms with van der Waals surface area (Å²) in [4.78, 5) is 10.9. The van der Waals surface area contributed by atoms with Gasteiger partial charge in [0.1, 0.15) is 18.1 Å². The van der Waals surface area contributed by atoms with Crippen LogP contribution in [0.5, 0.6) is 11.5 Å². The fourth-order valence-electron chi connectivity index (χ4n) is 1.93. The van der Waals surface area contributed by atoms with Gasteiger partial charge in [0.05, 0.1) is 13.7 Å². The van der Waals surface area contributed by atoms with Gasteiger partial charge in [-0.05, 0) is 24.7 Å². The lowest BCUT2D eigenvalue weighted by molar-refractivity contribution is 0.104. The third kappa shape index (κ3) is 3.77. The summed E-state index contributed by atoms with van der Waals surface area (Å²) in [6.45, 7) is 4.44. The number of benzene rings is 1. The molecule has 6 heteroatoms. The van der Waals surface area contributed by atoms with Crippen molar-refractivity contribution in [2.75, 3.05) is 26.8 Å². The Balaban J connectivity index is 1.99. The van der Waals surface area contributed by atoms with Gasteiger partial charge in [0, 0.05) is 12.1 Å². The quantitative estimate of drug-likeness (QED) is 0.787. The van der Waals surface area contributed by atoms with Gasteiger partial charge in [0.25, 0.3) is 0 Å². The highest BCUT2D eigenvalue weighted by molar-refractivity contribution is 5.69. The first kappa shape index (κ1) is 14.5. The zero-order chi connectivity index (χ0) is 14.4. The molecule has 0 radical (unpaired) electrons. The molecule has 1 aromatic rings. The van der Waals surface area contributed by atoms with Crippen LogP contribution >= 0.6 is 0 Å². The molecule has 110 valence electrons. The first-order valence-electron chi connectivity index (χ1n) is 6.67. The number of amides is 1. The van der Waals surface area contributed by atoms with Crippen molar-refractivity contribution in [1.82, 2.24) is 10.6 Å². The van der Waals surface area contributed by atoms with E-state index in [4.69, 9.17) is 14.2 Å². The molecule has 1 saturated heterocycles. The monoisotopic (exact) mass is 280 g/mol. The van der Waals surface area contributed by atoms with E-state index in [2.05, 4.69) is 10.6 Å². The second-order valence-electron chi connectivity index (χ2n) is 4.47. The average molecular weight is 280 g/mol. The molecular formula is C14H20N2O4. The minimum Gasteiger partial charge on any atom is -0.497 e. The number of nitrogens with one attached hydrogen (secondary N) is 2. The minimum absolute atomic E-state index is 0.239. The Kier molecular flexibility index (Phi) is 5.06. The largest absolute Gasteiger partial charge is 0.497 e. The van der Waals surface area contributed by atoms with E-state index in [-0.39, 0.29) is 12.2 Å². The van der Waals surface area contributed by atoms with E-state index in [0.717, 1.165) is 23.6 Å². The van der Waals surface area contributed by atoms with Gasteiger partial charge < -0.3 is 24.8 Å². The molecule has 1 aliphatic rings. The summed E-state index contributed by atoms with van der Waals surface area (Å²) in [6, 6.07) is 5.66. The van der Waals surface area contributed by atoms with Crippen LogP contribution in [0, 0.1) is 0 Å². The lowest BCUT2D eigenvalue weighted by Gasteiger charge is -2.15. The summed E-state index contributed by atoms with van der Waals surface area (Å²) < 4.78 is 16.0.